The summed E-state index contributed by atoms with van der Waals surface area (Å²) < 4.78 is 47.5. The topological polar surface area (TPSA) is 47.7 Å². The van der Waals surface area contributed by atoms with Gasteiger partial charge in [-0.3, -0.25) is 0 Å². The summed E-state index contributed by atoms with van der Waals surface area (Å²) in [6.07, 6.45) is 1.97. The van der Waals surface area contributed by atoms with Gasteiger partial charge in [-0.25, -0.2) is 4.39 Å². The molecule has 1 aromatic rings. The van der Waals surface area contributed by atoms with Gasteiger partial charge in [-0.1, -0.05) is 0 Å². The van der Waals surface area contributed by atoms with Crippen LogP contribution in [0.3, 0.4) is 0 Å². The van der Waals surface area contributed by atoms with Gasteiger partial charge >= 0.3 is 6.61 Å². The molecule has 0 bridgehead atoms. The van der Waals surface area contributed by atoms with Crippen LogP contribution in [-0.2, 0) is 4.74 Å². The van der Waals surface area contributed by atoms with Crippen molar-refractivity contribution >= 4 is 11.4 Å². The Morgan fingerprint density at radius 2 is 2.19 bits per heavy atom. The van der Waals surface area contributed by atoms with E-state index in [1.165, 1.54) is 6.07 Å². The summed E-state index contributed by atoms with van der Waals surface area (Å²) in [6.45, 7) is -1.02. The predicted molar refractivity (Wildman–Crippen MR) is 74.3 cm³/mol. The molecule has 1 fully saturated rings. The van der Waals surface area contributed by atoms with E-state index in [9.17, 15) is 13.2 Å². The fraction of sp³-hybridized carbons (Fsp3) is 0.571. The standard InChI is InChI=1S/C14H19F3N2O2/c1-20-8-9-3-2-4-19(7-9)12-6-13(21-14(16)17)10(15)5-11(12)18/h5-6,9,14H,2-4,7-8,18H2,1H3. The van der Waals surface area contributed by atoms with Gasteiger partial charge in [0, 0.05) is 32.3 Å². The van der Waals surface area contributed by atoms with E-state index in [0.717, 1.165) is 25.5 Å². The quantitative estimate of drug-likeness (QED) is 0.850. The molecule has 1 unspecified atom stereocenters. The molecular weight excluding hydrogens is 285 g/mol. The fourth-order valence-corrected chi connectivity index (χ4v) is 2.67. The summed E-state index contributed by atoms with van der Waals surface area (Å²) in [7, 11) is 1.64. The lowest BCUT2D eigenvalue weighted by atomic mass is 9.98. The Labute approximate surface area is 121 Å². The zero-order valence-electron chi connectivity index (χ0n) is 11.8. The molecule has 21 heavy (non-hydrogen) atoms. The lowest BCUT2D eigenvalue weighted by Crippen LogP contribution is -2.37. The number of nitrogens with two attached hydrogens (primary N) is 1. The van der Waals surface area contributed by atoms with E-state index in [4.69, 9.17) is 10.5 Å². The summed E-state index contributed by atoms with van der Waals surface area (Å²) in [5.41, 5.74) is 6.55. The average molecular weight is 304 g/mol. The van der Waals surface area contributed by atoms with Crippen LogP contribution in [0.25, 0.3) is 0 Å². The van der Waals surface area contributed by atoms with Crippen LogP contribution >= 0.6 is 0 Å². The molecule has 1 atom stereocenters. The van der Waals surface area contributed by atoms with E-state index in [1.54, 1.807) is 7.11 Å². The van der Waals surface area contributed by atoms with E-state index in [1.807, 2.05) is 4.90 Å². The minimum Gasteiger partial charge on any atom is -0.432 e. The van der Waals surface area contributed by atoms with Gasteiger partial charge < -0.3 is 20.1 Å². The van der Waals surface area contributed by atoms with Crippen molar-refractivity contribution in [3.05, 3.63) is 17.9 Å². The molecular formula is C14H19F3N2O2. The van der Waals surface area contributed by atoms with E-state index >= 15 is 0 Å². The number of hydrogen-bond donors (Lipinski definition) is 1. The van der Waals surface area contributed by atoms with Crippen LogP contribution in [0.1, 0.15) is 12.8 Å². The number of alkyl halides is 2. The summed E-state index contributed by atoms with van der Waals surface area (Å²) in [6, 6.07) is 2.26. The lowest BCUT2D eigenvalue weighted by molar-refractivity contribution is -0.0521. The van der Waals surface area contributed by atoms with Crippen LogP contribution in [0.4, 0.5) is 24.5 Å². The first-order chi connectivity index (χ1) is 10.0. The van der Waals surface area contributed by atoms with Crippen LogP contribution in [0.15, 0.2) is 12.1 Å². The highest BCUT2D eigenvalue weighted by molar-refractivity contribution is 5.70. The Hall–Kier alpha value is -1.63. The van der Waals surface area contributed by atoms with E-state index < -0.39 is 18.2 Å². The highest BCUT2D eigenvalue weighted by atomic mass is 19.3. The van der Waals surface area contributed by atoms with Crippen molar-refractivity contribution < 1.29 is 22.6 Å². The van der Waals surface area contributed by atoms with Gasteiger partial charge in [0.05, 0.1) is 18.0 Å². The summed E-state index contributed by atoms with van der Waals surface area (Å²) in [5, 5.41) is 0. The predicted octanol–water partition coefficient (Wildman–Crippen LogP) is 2.87. The first-order valence-electron chi connectivity index (χ1n) is 6.79. The highest BCUT2D eigenvalue weighted by Gasteiger charge is 2.23. The molecule has 0 spiro atoms. The molecule has 118 valence electrons. The van der Waals surface area contributed by atoms with E-state index in [0.29, 0.717) is 24.8 Å². The maximum Gasteiger partial charge on any atom is 0.387 e. The van der Waals surface area contributed by atoms with Gasteiger partial charge in [-0.05, 0) is 18.8 Å². The SMILES string of the molecule is COCC1CCCN(c2cc(OC(F)F)c(F)cc2N)C1. The second-order valence-corrected chi connectivity index (χ2v) is 5.13. The second kappa shape index (κ2) is 6.89. The molecule has 0 radical (unpaired) electrons. The van der Waals surface area contributed by atoms with Crippen molar-refractivity contribution in [3.8, 4) is 5.75 Å². The third-order valence-corrected chi connectivity index (χ3v) is 3.56. The number of nitrogens with zero attached hydrogens (tertiary/aromatic N) is 1. The molecule has 2 N–H and O–H groups in total. The van der Waals surface area contributed by atoms with E-state index in [2.05, 4.69) is 4.74 Å². The smallest absolute Gasteiger partial charge is 0.387 e. The molecule has 0 amide bonds. The molecule has 4 nitrogen and oxygen atoms in total. The number of ether oxygens (including phenoxy) is 2. The summed E-state index contributed by atoms with van der Waals surface area (Å²) in [4.78, 5) is 1.96. The van der Waals surface area contributed by atoms with E-state index in [-0.39, 0.29) is 5.69 Å². The first kappa shape index (κ1) is 15.8. The molecule has 2 rings (SSSR count). The monoisotopic (exact) mass is 304 g/mol. The number of benzene rings is 1. The Bertz CT molecular complexity index is 484. The van der Waals surface area contributed by atoms with Crippen LogP contribution < -0.4 is 15.4 Å². The molecule has 1 saturated heterocycles. The summed E-state index contributed by atoms with van der Waals surface area (Å²) in [5.74, 6) is -1.03. The Balaban J connectivity index is 2.21. The average Bonchev–Trinajstić information content (AvgIpc) is 2.42. The maximum atomic E-state index is 13.6. The van der Waals surface area contributed by atoms with Gasteiger partial charge in [-0.15, -0.1) is 0 Å². The fourth-order valence-electron chi connectivity index (χ4n) is 2.67. The van der Waals surface area contributed by atoms with Crippen LogP contribution in [0.2, 0.25) is 0 Å². The van der Waals surface area contributed by atoms with Crippen molar-refractivity contribution in [1.82, 2.24) is 0 Å². The Kier molecular flexibility index (Phi) is 5.17. The van der Waals surface area contributed by atoms with Gasteiger partial charge in [0.25, 0.3) is 0 Å². The molecule has 1 aliphatic rings. The molecule has 0 saturated carbocycles. The molecule has 0 aromatic heterocycles. The minimum atomic E-state index is -3.07. The molecule has 0 aliphatic carbocycles. The van der Waals surface area contributed by atoms with Gasteiger partial charge in [0.15, 0.2) is 11.6 Å². The highest BCUT2D eigenvalue weighted by Crippen LogP contribution is 2.34. The number of hydrogen-bond acceptors (Lipinski definition) is 4. The molecule has 1 heterocycles. The normalized spacial score (nSPS) is 19.1. The van der Waals surface area contributed by atoms with Crippen molar-refractivity contribution in [1.29, 1.82) is 0 Å². The lowest BCUT2D eigenvalue weighted by Gasteiger charge is -2.35. The van der Waals surface area contributed by atoms with Crippen LogP contribution in [-0.4, -0.2) is 33.4 Å². The molecule has 7 heteroatoms. The number of nitrogen functional groups attached to an aromatic ring is 1. The van der Waals surface area contributed by atoms with Crippen molar-refractivity contribution in [2.45, 2.75) is 19.5 Å². The number of halogens is 3. The first-order valence-corrected chi connectivity index (χ1v) is 6.79. The Morgan fingerprint density at radius 3 is 2.86 bits per heavy atom. The zero-order chi connectivity index (χ0) is 15.4. The number of anilines is 2. The largest absolute Gasteiger partial charge is 0.432 e. The number of methoxy groups -OCH3 is 1. The third-order valence-electron chi connectivity index (χ3n) is 3.56. The molecule has 1 aromatic carbocycles. The summed E-state index contributed by atoms with van der Waals surface area (Å²) >= 11 is 0. The van der Waals surface area contributed by atoms with Crippen molar-refractivity contribution in [3.63, 3.8) is 0 Å². The number of piperidine rings is 1. The zero-order valence-corrected chi connectivity index (χ0v) is 11.8. The maximum absolute atomic E-state index is 13.6. The van der Waals surface area contributed by atoms with Gasteiger partial charge in [-0.2, -0.15) is 8.78 Å². The third kappa shape index (κ3) is 3.93. The Morgan fingerprint density at radius 1 is 1.43 bits per heavy atom. The van der Waals surface area contributed by atoms with Crippen LogP contribution in [0, 0.1) is 11.7 Å². The molecule has 1 aliphatic heterocycles. The van der Waals surface area contributed by atoms with Crippen LogP contribution in [0.5, 0.6) is 5.75 Å². The van der Waals surface area contributed by atoms with Gasteiger partial charge in [0.2, 0.25) is 0 Å². The van der Waals surface area contributed by atoms with Crippen molar-refractivity contribution in [2.24, 2.45) is 5.92 Å². The minimum absolute atomic E-state index is 0.215. The van der Waals surface area contributed by atoms with Crippen molar-refractivity contribution in [2.75, 3.05) is 37.4 Å². The second-order valence-electron chi connectivity index (χ2n) is 5.13. The van der Waals surface area contributed by atoms with Gasteiger partial charge in [0.1, 0.15) is 0 Å². The number of rotatable bonds is 5.